The van der Waals surface area contributed by atoms with E-state index in [9.17, 15) is 18.5 Å². The van der Waals surface area contributed by atoms with Gasteiger partial charge in [0.05, 0.1) is 5.56 Å². The van der Waals surface area contributed by atoms with Crippen molar-refractivity contribution in [2.24, 2.45) is 5.18 Å². The van der Waals surface area contributed by atoms with Crippen LogP contribution in [0.5, 0.6) is 0 Å². The Kier molecular flexibility index (Phi) is 3.13. The number of imidazole rings is 1. The molecule has 1 N–H and O–H groups in total. The fourth-order valence-corrected chi connectivity index (χ4v) is 2.09. The highest BCUT2D eigenvalue weighted by Crippen LogP contribution is 2.31. The molecule has 0 saturated heterocycles. The van der Waals surface area contributed by atoms with Crippen LogP contribution in [0, 0.1) is 16.5 Å². The van der Waals surface area contributed by atoms with E-state index in [1.165, 1.54) is 28.8 Å². The van der Waals surface area contributed by atoms with Crippen LogP contribution in [0.3, 0.4) is 0 Å². The molecule has 0 spiro atoms. The third-order valence-electron chi connectivity index (χ3n) is 3.13. The SMILES string of the molecule is O=Nc1c(-c2ccc(F)c(F)c2)nc2cc(C(=O)O)ccn12. The first-order valence-corrected chi connectivity index (χ1v) is 6.05. The van der Waals surface area contributed by atoms with Crippen molar-refractivity contribution in [1.82, 2.24) is 9.38 Å². The van der Waals surface area contributed by atoms with Gasteiger partial charge in [-0.05, 0) is 35.5 Å². The second-order valence-electron chi connectivity index (χ2n) is 4.45. The number of aromatic nitrogens is 2. The predicted molar refractivity (Wildman–Crippen MR) is 73.0 cm³/mol. The molecule has 1 aromatic carbocycles. The molecule has 0 aliphatic rings. The number of fused-ring (bicyclic) bond motifs is 1. The van der Waals surface area contributed by atoms with Gasteiger partial charge in [0.2, 0.25) is 5.82 Å². The lowest BCUT2D eigenvalue weighted by atomic mass is 10.1. The molecular weight excluding hydrogens is 296 g/mol. The minimum absolute atomic E-state index is 0.0215. The first-order valence-electron chi connectivity index (χ1n) is 6.05. The summed E-state index contributed by atoms with van der Waals surface area (Å²) < 4.78 is 27.6. The summed E-state index contributed by atoms with van der Waals surface area (Å²) in [6, 6.07) is 5.59. The molecule has 110 valence electrons. The highest BCUT2D eigenvalue weighted by molar-refractivity contribution is 5.89. The van der Waals surface area contributed by atoms with E-state index in [0.717, 1.165) is 12.1 Å². The summed E-state index contributed by atoms with van der Waals surface area (Å²) in [4.78, 5) is 26.1. The zero-order chi connectivity index (χ0) is 15.9. The van der Waals surface area contributed by atoms with E-state index in [2.05, 4.69) is 10.2 Å². The van der Waals surface area contributed by atoms with Gasteiger partial charge >= 0.3 is 5.97 Å². The van der Waals surface area contributed by atoms with Crippen LogP contribution in [0.1, 0.15) is 10.4 Å². The van der Waals surface area contributed by atoms with Crippen LogP contribution in [0.2, 0.25) is 0 Å². The van der Waals surface area contributed by atoms with E-state index in [1.54, 1.807) is 0 Å². The average molecular weight is 303 g/mol. The first kappa shape index (κ1) is 13.8. The van der Waals surface area contributed by atoms with Gasteiger partial charge in [-0.2, -0.15) is 0 Å². The monoisotopic (exact) mass is 303 g/mol. The van der Waals surface area contributed by atoms with Crippen LogP contribution in [-0.2, 0) is 0 Å². The molecule has 3 rings (SSSR count). The van der Waals surface area contributed by atoms with Crippen molar-refractivity contribution >= 4 is 17.4 Å². The minimum Gasteiger partial charge on any atom is -0.478 e. The maximum atomic E-state index is 13.3. The summed E-state index contributed by atoms with van der Waals surface area (Å²) in [5.41, 5.74) is 0.339. The van der Waals surface area contributed by atoms with Gasteiger partial charge in [-0.15, -0.1) is 4.91 Å². The van der Waals surface area contributed by atoms with Gasteiger partial charge in [-0.25, -0.2) is 18.6 Å². The standard InChI is InChI=1S/C14H7F2N3O3/c15-9-2-1-7(5-10(9)16)12-13(18-22)19-4-3-8(14(20)21)6-11(19)17-12/h1-6H,(H,20,21). The zero-order valence-electron chi connectivity index (χ0n) is 10.8. The lowest BCUT2D eigenvalue weighted by Crippen LogP contribution is -1.97. The molecule has 6 nitrogen and oxygen atoms in total. The van der Waals surface area contributed by atoms with Gasteiger partial charge in [-0.3, -0.25) is 4.40 Å². The number of carboxylic acids is 1. The number of halogens is 2. The number of carbonyl (C=O) groups is 1. The van der Waals surface area contributed by atoms with Crippen molar-refractivity contribution < 1.29 is 18.7 Å². The van der Waals surface area contributed by atoms with Crippen molar-refractivity contribution in [3.63, 3.8) is 0 Å². The molecule has 0 aliphatic heterocycles. The number of rotatable bonds is 3. The highest BCUT2D eigenvalue weighted by atomic mass is 19.2. The Morgan fingerprint density at radius 2 is 1.95 bits per heavy atom. The van der Waals surface area contributed by atoms with Gasteiger partial charge in [0, 0.05) is 11.8 Å². The third-order valence-corrected chi connectivity index (χ3v) is 3.13. The molecule has 0 aliphatic carbocycles. The molecule has 2 heterocycles. The summed E-state index contributed by atoms with van der Waals surface area (Å²) >= 11 is 0. The molecule has 0 saturated carbocycles. The van der Waals surface area contributed by atoms with E-state index in [-0.39, 0.29) is 28.3 Å². The normalized spacial score (nSPS) is 10.8. The Bertz CT molecular complexity index is 921. The summed E-state index contributed by atoms with van der Waals surface area (Å²) in [5, 5.41) is 11.8. The smallest absolute Gasteiger partial charge is 0.335 e. The lowest BCUT2D eigenvalue weighted by Gasteiger charge is -1.99. The number of benzene rings is 1. The Morgan fingerprint density at radius 1 is 1.18 bits per heavy atom. The quantitative estimate of drug-likeness (QED) is 0.752. The Balaban J connectivity index is 2.26. The number of nitroso groups, excluding NO2 is 1. The van der Waals surface area contributed by atoms with E-state index < -0.39 is 17.6 Å². The maximum Gasteiger partial charge on any atom is 0.335 e. The fourth-order valence-electron chi connectivity index (χ4n) is 2.09. The van der Waals surface area contributed by atoms with Crippen molar-refractivity contribution in [3.05, 3.63) is 58.6 Å². The van der Waals surface area contributed by atoms with E-state index >= 15 is 0 Å². The molecule has 0 radical (unpaired) electrons. The minimum atomic E-state index is -1.15. The second-order valence-corrected chi connectivity index (χ2v) is 4.45. The molecule has 0 fully saturated rings. The molecule has 2 aromatic heterocycles. The van der Waals surface area contributed by atoms with Gasteiger partial charge in [0.25, 0.3) is 0 Å². The van der Waals surface area contributed by atoms with E-state index in [0.29, 0.717) is 0 Å². The van der Waals surface area contributed by atoms with Crippen molar-refractivity contribution in [1.29, 1.82) is 0 Å². The molecule has 0 atom stereocenters. The van der Waals surface area contributed by atoms with Crippen molar-refractivity contribution in [2.75, 3.05) is 0 Å². The largest absolute Gasteiger partial charge is 0.478 e. The zero-order valence-corrected chi connectivity index (χ0v) is 10.8. The fraction of sp³-hybridized carbons (Fsp3) is 0. The van der Waals surface area contributed by atoms with Crippen LogP contribution in [0.4, 0.5) is 14.6 Å². The van der Waals surface area contributed by atoms with Gasteiger partial charge in [0.1, 0.15) is 11.3 Å². The number of aromatic carboxylic acids is 1. The number of carboxylic acid groups (broad SMARTS) is 1. The van der Waals surface area contributed by atoms with Crippen LogP contribution in [0.25, 0.3) is 16.9 Å². The Labute approximate surface area is 121 Å². The van der Waals surface area contributed by atoms with Gasteiger partial charge in [-0.1, -0.05) is 0 Å². The van der Waals surface area contributed by atoms with Gasteiger partial charge in [0.15, 0.2) is 11.6 Å². The first-order chi connectivity index (χ1) is 10.5. The molecule has 8 heteroatoms. The molecule has 0 bridgehead atoms. The number of hydrogen-bond donors (Lipinski definition) is 1. The summed E-state index contributed by atoms with van der Waals surface area (Å²) in [7, 11) is 0. The Morgan fingerprint density at radius 3 is 2.59 bits per heavy atom. The van der Waals surface area contributed by atoms with Crippen molar-refractivity contribution in [3.8, 4) is 11.3 Å². The lowest BCUT2D eigenvalue weighted by molar-refractivity contribution is 0.0697. The topological polar surface area (TPSA) is 84.0 Å². The molecule has 0 unspecified atom stereocenters. The van der Waals surface area contributed by atoms with E-state index in [1.807, 2.05) is 0 Å². The maximum absolute atomic E-state index is 13.3. The van der Waals surface area contributed by atoms with Crippen LogP contribution in [0.15, 0.2) is 41.7 Å². The molecule has 22 heavy (non-hydrogen) atoms. The van der Waals surface area contributed by atoms with Crippen molar-refractivity contribution in [2.45, 2.75) is 0 Å². The predicted octanol–water partition coefficient (Wildman–Crippen LogP) is 3.38. The van der Waals surface area contributed by atoms with Crippen LogP contribution >= 0.6 is 0 Å². The number of pyridine rings is 1. The second kappa shape index (κ2) is 4.99. The highest BCUT2D eigenvalue weighted by Gasteiger charge is 2.17. The number of nitrogens with zero attached hydrogens (tertiary/aromatic N) is 3. The Hall–Kier alpha value is -3.16. The summed E-state index contributed by atoms with van der Waals surface area (Å²) in [6.07, 6.45) is 1.33. The van der Waals surface area contributed by atoms with E-state index in [4.69, 9.17) is 5.11 Å². The van der Waals surface area contributed by atoms with Crippen LogP contribution in [-0.4, -0.2) is 20.5 Å². The molecule has 3 aromatic rings. The number of hydrogen-bond acceptors (Lipinski definition) is 4. The van der Waals surface area contributed by atoms with Crippen LogP contribution < -0.4 is 0 Å². The molecular formula is C14H7F2N3O3. The third kappa shape index (κ3) is 2.10. The summed E-state index contributed by atoms with van der Waals surface area (Å²) in [5.74, 6) is -3.39. The van der Waals surface area contributed by atoms with Gasteiger partial charge < -0.3 is 5.11 Å². The average Bonchev–Trinajstić information content (AvgIpc) is 2.87. The summed E-state index contributed by atoms with van der Waals surface area (Å²) in [6.45, 7) is 0. The molecule has 0 amide bonds.